The van der Waals surface area contributed by atoms with Crippen LogP contribution in [0, 0.1) is 5.82 Å². The average molecular weight is 273 g/mol. The van der Waals surface area contributed by atoms with E-state index < -0.39 is 0 Å². The molecule has 2 aromatic carbocycles. The number of likely N-dealkylation sites (N-methyl/N-ethyl adjacent to an activating group) is 1. The van der Waals surface area contributed by atoms with Crippen molar-refractivity contribution in [2.75, 3.05) is 13.7 Å². The van der Waals surface area contributed by atoms with Crippen molar-refractivity contribution in [2.45, 2.75) is 19.4 Å². The average Bonchev–Trinajstić information content (AvgIpc) is 2.49. The Labute approximate surface area is 119 Å². The highest BCUT2D eigenvalue weighted by Gasteiger charge is 2.14. The van der Waals surface area contributed by atoms with Crippen molar-refractivity contribution in [2.24, 2.45) is 0 Å². The third-order valence-electron chi connectivity index (χ3n) is 3.33. The zero-order chi connectivity index (χ0) is 14.4. The van der Waals surface area contributed by atoms with Crippen LogP contribution in [0.4, 0.5) is 4.39 Å². The Morgan fingerprint density at radius 2 is 1.95 bits per heavy atom. The first-order chi connectivity index (χ1) is 9.74. The van der Waals surface area contributed by atoms with Gasteiger partial charge in [-0.3, -0.25) is 0 Å². The third kappa shape index (κ3) is 3.58. The Balaban J connectivity index is 2.24. The molecule has 1 atom stereocenters. The van der Waals surface area contributed by atoms with Crippen LogP contribution in [0.3, 0.4) is 0 Å². The van der Waals surface area contributed by atoms with Gasteiger partial charge < -0.3 is 10.1 Å². The van der Waals surface area contributed by atoms with Crippen molar-refractivity contribution >= 4 is 0 Å². The third-order valence-corrected chi connectivity index (χ3v) is 3.33. The van der Waals surface area contributed by atoms with Crippen LogP contribution >= 0.6 is 0 Å². The van der Waals surface area contributed by atoms with E-state index in [0.29, 0.717) is 6.42 Å². The highest BCUT2D eigenvalue weighted by molar-refractivity contribution is 5.32. The van der Waals surface area contributed by atoms with E-state index in [1.165, 1.54) is 6.07 Å². The molecule has 0 saturated carbocycles. The second kappa shape index (κ2) is 7.06. The maximum Gasteiger partial charge on any atom is 0.126 e. The zero-order valence-corrected chi connectivity index (χ0v) is 11.9. The van der Waals surface area contributed by atoms with Crippen LogP contribution in [0.1, 0.15) is 24.1 Å². The molecule has 0 heterocycles. The van der Waals surface area contributed by atoms with Crippen LogP contribution in [0.2, 0.25) is 0 Å². The number of rotatable bonds is 6. The Morgan fingerprint density at radius 1 is 1.15 bits per heavy atom. The topological polar surface area (TPSA) is 21.3 Å². The van der Waals surface area contributed by atoms with Gasteiger partial charge in [0.1, 0.15) is 11.6 Å². The summed E-state index contributed by atoms with van der Waals surface area (Å²) in [6.07, 6.45) is 0.619. The number of ether oxygens (including phenoxy) is 1. The van der Waals surface area contributed by atoms with Gasteiger partial charge in [0.25, 0.3) is 0 Å². The molecule has 0 bridgehead atoms. The Hall–Kier alpha value is -1.87. The summed E-state index contributed by atoms with van der Waals surface area (Å²) in [6.45, 7) is 2.88. The highest BCUT2D eigenvalue weighted by atomic mass is 19.1. The van der Waals surface area contributed by atoms with E-state index in [1.54, 1.807) is 13.2 Å². The van der Waals surface area contributed by atoms with E-state index in [-0.39, 0.29) is 11.9 Å². The lowest BCUT2D eigenvalue weighted by molar-refractivity contribution is 0.413. The second-order valence-electron chi connectivity index (χ2n) is 4.68. The number of benzene rings is 2. The van der Waals surface area contributed by atoms with Crippen LogP contribution in [-0.4, -0.2) is 13.7 Å². The van der Waals surface area contributed by atoms with E-state index in [2.05, 4.69) is 12.2 Å². The summed E-state index contributed by atoms with van der Waals surface area (Å²) in [5.74, 6) is 0.664. The first kappa shape index (κ1) is 14.5. The van der Waals surface area contributed by atoms with Gasteiger partial charge in [0.2, 0.25) is 0 Å². The minimum atomic E-state index is -0.154. The Kier molecular flexibility index (Phi) is 5.13. The molecule has 0 aromatic heterocycles. The van der Waals surface area contributed by atoms with E-state index >= 15 is 0 Å². The van der Waals surface area contributed by atoms with Gasteiger partial charge in [-0.1, -0.05) is 37.3 Å². The van der Waals surface area contributed by atoms with E-state index in [9.17, 15) is 4.39 Å². The molecule has 20 heavy (non-hydrogen) atoms. The molecule has 0 aliphatic carbocycles. The summed E-state index contributed by atoms with van der Waals surface area (Å²) in [4.78, 5) is 0. The summed E-state index contributed by atoms with van der Waals surface area (Å²) < 4.78 is 19.1. The lowest BCUT2D eigenvalue weighted by atomic mass is 9.98. The van der Waals surface area contributed by atoms with Crippen LogP contribution in [-0.2, 0) is 6.42 Å². The van der Waals surface area contributed by atoms with E-state index in [0.717, 1.165) is 23.4 Å². The molecular weight excluding hydrogens is 253 g/mol. The smallest absolute Gasteiger partial charge is 0.126 e. The largest absolute Gasteiger partial charge is 0.497 e. The van der Waals surface area contributed by atoms with Gasteiger partial charge in [0.05, 0.1) is 7.11 Å². The number of methoxy groups -OCH3 is 1. The summed E-state index contributed by atoms with van der Waals surface area (Å²) in [5, 5.41) is 3.40. The summed E-state index contributed by atoms with van der Waals surface area (Å²) in [7, 11) is 1.65. The fourth-order valence-electron chi connectivity index (χ4n) is 2.30. The predicted octanol–water partition coefficient (Wildman–Crippen LogP) is 3.73. The molecule has 2 nitrogen and oxygen atoms in total. The first-order valence-electron chi connectivity index (χ1n) is 6.85. The van der Waals surface area contributed by atoms with Crippen LogP contribution < -0.4 is 10.1 Å². The maximum absolute atomic E-state index is 13.8. The zero-order valence-electron chi connectivity index (χ0n) is 11.9. The van der Waals surface area contributed by atoms with Crippen molar-refractivity contribution in [3.8, 4) is 5.75 Å². The number of nitrogens with one attached hydrogen (secondary N) is 1. The van der Waals surface area contributed by atoms with Gasteiger partial charge in [0, 0.05) is 6.04 Å². The van der Waals surface area contributed by atoms with Gasteiger partial charge in [-0.05, 0) is 42.3 Å². The van der Waals surface area contributed by atoms with E-state index in [1.807, 2.05) is 36.4 Å². The summed E-state index contributed by atoms with van der Waals surface area (Å²) in [5.41, 5.74) is 1.83. The van der Waals surface area contributed by atoms with Crippen LogP contribution in [0.5, 0.6) is 5.75 Å². The molecular formula is C17H20FNO. The van der Waals surface area contributed by atoms with Crippen molar-refractivity contribution in [1.29, 1.82) is 0 Å². The fourth-order valence-corrected chi connectivity index (χ4v) is 2.30. The molecule has 0 spiro atoms. The summed E-state index contributed by atoms with van der Waals surface area (Å²) >= 11 is 0. The van der Waals surface area contributed by atoms with E-state index in [4.69, 9.17) is 4.74 Å². The van der Waals surface area contributed by atoms with Gasteiger partial charge >= 0.3 is 0 Å². The molecule has 0 saturated heterocycles. The van der Waals surface area contributed by atoms with Crippen molar-refractivity contribution in [1.82, 2.24) is 5.32 Å². The van der Waals surface area contributed by atoms with Gasteiger partial charge in [-0.15, -0.1) is 0 Å². The van der Waals surface area contributed by atoms with Crippen molar-refractivity contribution in [3.63, 3.8) is 0 Å². The number of halogens is 1. The molecule has 2 aromatic rings. The molecule has 106 valence electrons. The highest BCUT2D eigenvalue weighted by Crippen LogP contribution is 2.23. The quantitative estimate of drug-likeness (QED) is 0.866. The molecule has 3 heteroatoms. The predicted molar refractivity (Wildman–Crippen MR) is 79.5 cm³/mol. The standard InChI is InChI=1S/C17H20FNO/c1-3-19-17(12-13-7-4-5-10-16(13)18)14-8-6-9-15(11-14)20-2/h4-11,17,19H,3,12H2,1-2H3. The molecule has 0 fully saturated rings. The molecule has 1 unspecified atom stereocenters. The van der Waals surface area contributed by atoms with Gasteiger partial charge in [-0.2, -0.15) is 0 Å². The minimum Gasteiger partial charge on any atom is -0.497 e. The number of hydrogen-bond donors (Lipinski definition) is 1. The molecule has 0 radical (unpaired) electrons. The second-order valence-corrected chi connectivity index (χ2v) is 4.68. The first-order valence-corrected chi connectivity index (χ1v) is 6.85. The molecule has 0 aliphatic heterocycles. The molecule has 2 rings (SSSR count). The Morgan fingerprint density at radius 3 is 2.65 bits per heavy atom. The minimum absolute atomic E-state index is 0.0759. The SMILES string of the molecule is CCNC(Cc1ccccc1F)c1cccc(OC)c1. The van der Waals surface area contributed by atoms with Crippen LogP contribution in [0.15, 0.2) is 48.5 Å². The molecule has 1 N–H and O–H groups in total. The summed E-state index contributed by atoms with van der Waals surface area (Å²) in [6, 6.07) is 14.9. The monoisotopic (exact) mass is 273 g/mol. The van der Waals surface area contributed by atoms with Gasteiger partial charge in [-0.25, -0.2) is 4.39 Å². The lowest BCUT2D eigenvalue weighted by Gasteiger charge is -2.19. The molecule has 0 amide bonds. The lowest BCUT2D eigenvalue weighted by Crippen LogP contribution is -2.23. The molecule has 0 aliphatic rings. The normalized spacial score (nSPS) is 12.2. The number of hydrogen-bond acceptors (Lipinski definition) is 2. The van der Waals surface area contributed by atoms with Crippen LogP contribution in [0.25, 0.3) is 0 Å². The van der Waals surface area contributed by atoms with Gasteiger partial charge in [0.15, 0.2) is 0 Å². The maximum atomic E-state index is 13.8. The van der Waals surface area contributed by atoms with Crippen molar-refractivity contribution < 1.29 is 9.13 Å². The van der Waals surface area contributed by atoms with Crippen molar-refractivity contribution in [3.05, 3.63) is 65.5 Å². The Bertz CT molecular complexity index is 556. The fraction of sp³-hybridized carbons (Fsp3) is 0.294.